The van der Waals surface area contributed by atoms with E-state index in [0.29, 0.717) is 43.9 Å². The van der Waals surface area contributed by atoms with Crippen LogP contribution in [-0.4, -0.2) is 101 Å². The number of benzene rings is 1. The third kappa shape index (κ3) is 4.81. The molecule has 0 radical (unpaired) electrons. The molecule has 3 aliphatic rings. The monoisotopic (exact) mass is 475 g/mol. The Bertz CT molecular complexity index is 958. The SMILES string of the molecule is CN1CCN(c2nc(N3CCN(c4ccccc4Cl)CC3)nc(N3CCOCC3)c2F)CC1. The van der Waals surface area contributed by atoms with Gasteiger partial charge in [-0.2, -0.15) is 14.4 Å². The first-order chi connectivity index (χ1) is 16.1. The molecule has 0 atom stereocenters. The average Bonchev–Trinajstić information content (AvgIpc) is 2.86. The summed E-state index contributed by atoms with van der Waals surface area (Å²) in [6.07, 6.45) is 0. The van der Waals surface area contributed by atoms with E-state index in [1.165, 1.54) is 0 Å². The van der Waals surface area contributed by atoms with Crippen molar-refractivity contribution in [3.63, 3.8) is 0 Å². The van der Waals surface area contributed by atoms with E-state index in [-0.39, 0.29) is 5.82 Å². The van der Waals surface area contributed by atoms with Crippen molar-refractivity contribution < 1.29 is 9.13 Å². The summed E-state index contributed by atoms with van der Waals surface area (Å²) in [4.78, 5) is 20.2. The van der Waals surface area contributed by atoms with Crippen molar-refractivity contribution >= 4 is 34.9 Å². The van der Waals surface area contributed by atoms with Crippen LogP contribution in [0.5, 0.6) is 0 Å². The van der Waals surface area contributed by atoms with Gasteiger partial charge in [0.05, 0.1) is 23.9 Å². The Morgan fingerprint density at radius 1 is 0.758 bits per heavy atom. The van der Waals surface area contributed by atoms with Crippen LogP contribution in [0.3, 0.4) is 0 Å². The van der Waals surface area contributed by atoms with Gasteiger partial charge in [-0.15, -0.1) is 0 Å². The number of anilines is 4. The highest BCUT2D eigenvalue weighted by molar-refractivity contribution is 6.33. The molecule has 0 spiro atoms. The molecule has 0 saturated carbocycles. The van der Waals surface area contributed by atoms with Crippen LogP contribution >= 0.6 is 11.6 Å². The van der Waals surface area contributed by atoms with Gasteiger partial charge in [0.25, 0.3) is 0 Å². The van der Waals surface area contributed by atoms with Gasteiger partial charge in [-0.1, -0.05) is 23.7 Å². The summed E-state index contributed by atoms with van der Waals surface area (Å²) in [6.45, 7) is 8.85. The molecule has 178 valence electrons. The molecule has 0 unspecified atom stereocenters. The van der Waals surface area contributed by atoms with E-state index in [1.54, 1.807) is 0 Å². The van der Waals surface area contributed by atoms with Gasteiger partial charge in [-0.3, -0.25) is 0 Å². The summed E-state index contributed by atoms with van der Waals surface area (Å²) in [7, 11) is 2.09. The highest BCUT2D eigenvalue weighted by Crippen LogP contribution is 2.31. The maximum Gasteiger partial charge on any atom is 0.229 e. The van der Waals surface area contributed by atoms with E-state index < -0.39 is 0 Å². The Balaban J connectivity index is 1.40. The predicted molar refractivity (Wildman–Crippen MR) is 131 cm³/mol. The van der Waals surface area contributed by atoms with Crippen molar-refractivity contribution in [3.05, 3.63) is 35.1 Å². The first-order valence-electron chi connectivity index (χ1n) is 11.7. The standard InChI is InChI=1S/C23H31ClFN7O/c1-28-6-8-30(9-7-28)21-20(25)22(31-14-16-33-17-15-31)27-23(26-21)32-12-10-29(11-13-32)19-5-3-2-4-18(19)24/h2-5H,6-17H2,1H3. The fraction of sp³-hybridized carbons (Fsp3) is 0.565. The van der Waals surface area contributed by atoms with Gasteiger partial charge in [0, 0.05) is 65.4 Å². The number of morpholine rings is 1. The molecule has 0 amide bonds. The van der Waals surface area contributed by atoms with Crippen LogP contribution in [-0.2, 0) is 4.74 Å². The maximum absolute atomic E-state index is 15.7. The molecule has 8 nitrogen and oxygen atoms in total. The molecule has 33 heavy (non-hydrogen) atoms. The molecule has 3 fully saturated rings. The van der Waals surface area contributed by atoms with Gasteiger partial charge >= 0.3 is 0 Å². The van der Waals surface area contributed by atoms with Crippen LogP contribution < -0.4 is 19.6 Å². The molecule has 1 aromatic carbocycles. The molecular formula is C23H31ClFN7O. The largest absolute Gasteiger partial charge is 0.378 e. The maximum atomic E-state index is 15.7. The first-order valence-corrected chi connectivity index (χ1v) is 12.1. The lowest BCUT2D eigenvalue weighted by atomic mass is 10.2. The van der Waals surface area contributed by atoms with Crippen molar-refractivity contribution in [3.8, 4) is 0 Å². The van der Waals surface area contributed by atoms with E-state index in [9.17, 15) is 0 Å². The lowest BCUT2D eigenvalue weighted by Crippen LogP contribution is -2.48. The number of ether oxygens (including phenoxy) is 1. The molecule has 0 N–H and O–H groups in total. The fourth-order valence-electron chi connectivity index (χ4n) is 4.62. The number of hydrogen-bond donors (Lipinski definition) is 0. The van der Waals surface area contributed by atoms with Crippen LogP contribution in [0.25, 0.3) is 0 Å². The number of para-hydroxylation sites is 1. The Hall–Kier alpha value is -2.36. The Morgan fingerprint density at radius 3 is 1.94 bits per heavy atom. The predicted octanol–water partition coefficient (Wildman–Crippen LogP) is 2.18. The number of likely N-dealkylation sites (N-methyl/N-ethyl adjacent to an activating group) is 1. The zero-order chi connectivity index (χ0) is 22.8. The van der Waals surface area contributed by atoms with Crippen molar-refractivity contribution in [2.75, 3.05) is 105 Å². The van der Waals surface area contributed by atoms with Gasteiger partial charge < -0.3 is 29.2 Å². The smallest absolute Gasteiger partial charge is 0.229 e. The number of nitrogens with zero attached hydrogens (tertiary/aromatic N) is 7. The normalized spacial score (nSPS) is 20.5. The van der Waals surface area contributed by atoms with E-state index >= 15 is 4.39 Å². The van der Waals surface area contributed by atoms with Crippen LogP contribution in [0.15, 0.2) is 24.3 Å². The summed E-state index contributed by atoms with van der Waals surface area (Å²) in [6, 6.07) is 7.92. The van der Waals surface area contributed by atoms with Crippen molar-refractivity contribution in [1.29, 1.82) is 0 Å². The third-order valence-electron chi connectivity index (χ3n) is 6.67. The number of piperazine rings is 2. The lowest BCUT2D eigenvalue weighted by molar-refractivity contribution is 0.122. The minimum absolute atomic E-state index is 0.320. The number of hydrogen-bond acceptors (Lipinski definition) is 8. The molecule has 3 aliphatic heterocycles. The molecule has 3 saturated heterocycles. The quantitative estimate of drug-likeness (QED) is 0.667. The Labute approximate surface area is 199 Å². The second kappa shape index (κ2) is 9.87. The lowest BCUT2D eigenvalue weighted by Gasteiger charge is -2.38. The second-order valence-corrected chi connectivity index (χ2v) is 9.21. The summed E-state index contributed by atoms with van der Waals surface area (Å²) >= 11 is 6.41. The zero-order valence-electron chi connectivity index (χ0n) is 19.1. The zero-order valence-corrected chi connectivity index (χ0v) is 19.8. The van der Waals surface area contributed by atoms with Gasteiger partial charge in [0.2, 0.25) is 11.8 Å². The fourth-order valence-corrected chi connectivity index (χ4v) is 4.88. The molecule has 4 heterocycles. The summed E-state index contributed by atoms with van der Waals surface area (Å²) in [5, 5.41) is 0.760. The van der Waals surface area contributed by atoms with E-state index in [4.69, 9.17) is 26.3 Å². The van der Waals surface area contributed by atoms with Gasteiger partial charge in [-0.25, -0.2) is 0 Å². The minimum Gasteiger partial charge on any atom is -0.378 e. The minimum atomic E-state index is -0.320. The summed E-state index contributed by atoms with van der Waals surface area (Å²) in [5.74, 6) is 1.10. The molecule has 0 bridgehead atoms. The van der Waals surface area contributed by atoms with Crippen LogP contribution in [0.4, 0.5) is 27.7 Å². The molecule has 0 aliphatic carbocycles. The van der Waals surface area contributed by atoms with Crippen LogP contribution in [0.1, 0.15) is 0 Å². The third-order valence-corrected chi connectivity index (χ3v) is 6.99. The molecule has 10 heteroatoms. The number of halogens is 2. The van der Waals surface area contributed by atoms with Gasteiger partial charge in [0.15, 0.2) is 11.6 Å². The van der Waals surface area contributed by atoms with Crippen molar-refractivity contribution in [2.45, 2.75) is 0 Å². The number of rotatable bonds is 4. The molecule has 2 aromatic rings. The molecule has 1 aromatic heterocycles. The molecule has 5 rings (SSSR count). The first kappa shape index (κ1) is 22.4. The highest BCUT2D eigenvalue weighted by Gasteiger charge is 2.29. The van der Waals surface area contributed by atoms with Crippen LogP contribution in [0, 0.1) is 5.82 Å². The van der Waals surface area contributed by atoms with E-state index in [1.807, 2.05) is 29.2 Å². The average molecular weight is 476 g/mol. The van der Waals surface area contributed by atoms with Gasteiger partial charge in [0.1, 0.15) is 0 Å². The second-order valence-electron chi connectivity index (χ2n) is 8.80. The van der Waals surface area contributed by atoms with Crippen molar-refractivity contribution in [1.82, 2.24) is 14.9 Å². The Morgan fingerprint density at radius 2 is 1.30 bits per heavy atom. The summed E-state index contributed by atoms with van der Waals surface area (Å²) in [5.41, 5.74) is 1.05. The van der Waals surface area contributed by atoms with E-state index in [0.717, 1.165) is 63.1 Å². The van der Waals surface area contributed by atoms with E-state index in [2.05, 4.69) is 26.6 Å². The van der Waals surface area contributed by atoms with Gasteiger partial charge in [-0.05, 0) is 19.2 Å². The Kier molecular flexibility index (Phi) is 6.71. The number of aromatic nitrogens is 2. The topological polar surface area (TPSA) is 51.2 Å². The highest BCUT2D eigenvalue weighted by atomic mass is 35.5. The summed E-state index contributed by atoms with van der Waals surface area (Å²) < 4.78 is 21.2. The van der Waals surface area contributed by atoms with Crippen LogP contribution in [0.2, 0.25) is 5.02 Å². The molecular weight excluding hydrogens is 445 g/mol. The van der Waals surface area contributed by atoms with Crippen molar-refractivity contribution in [2.24, 2.45) is 0 Å².